The third-order valence-electron chi connectivity index (χ3n) is 4.32. The van der Waals surface area contributed by atoms with Crippen LogP contribution in [0.15, 0.2) is 0 Å². The number of esters is 1. The van der Waals surface area contributed by atoms with Crippen LogP contribution in [0.1, 0.15) is 91.9 Å². The second-order valence-corrected chi connectivity index (χ2v) is 5.97. The fourth-order valence-corrected chi connectivity index (χ4v) is 2.56. The lowest BCUT2D eigenvalue weighted by atomic mass is 9.98. The lowest BCUT2D eigenvalue weighted by molar-refractivity contribution is -0.150. The van der Waals surface area contributed by atoms with E-state index < -0.39 is 0 Å². The van der Waals surface area contributed by atoms with Gasteiger partial charge in [-0.05, 0) is 25.2 Å². The molecule has 0 saturated heterocycles. The zero-order valence-electron chi connectivity index (χ0n) is 14.2. The highest BCUT2D eigenvalue weighted by Crippen LogP contribution is 2.17. The lowest BCUT2D eigenvalue weighted by Gasteiger charge is -2.17. The number of carbonyl (C=O) groups is 1. The molecule has 0 aliphatic rings. The maximum absolute atomic E-state index is 11.9. The van der Waals surface area contributed by atoms with Crippen LogP contribution >= 0.6 is 0 Å². The van der Waals surface area contributed by atoms with E-state index in [0.717, 1.165) is 19.3 Å². The Balaban J connectivity index is 3.73. The van der Waals surface area contributed by atoms with Crippen LogP contribution in [0, 0.1) is 11.8 Å². The zero-order valence-corrected chi connectivity index (χ0v) is 14.2. The zero-order chi connectivity index (χ0) is 15.2. The van der Waals surface area contributed by atoms with Crippen molar-refractivity contribution in [1.29, 1.82) is 0 Å². The van der Waals surface area contributed by atoms with E-state index in [0.29, 0.717) is 12.5 Å². The van der Waals surface area contributed by atoms with Crippen LogP contribution in [0.3, 0.4) is 0 Å². The summed E-state index contributed by atoms with van der Waals surface area (Å²) in [5, 5.41) is 0. The van der Waals surface area contributed by atoms with Gasteiger partial charge in [0.25, 0.3) is 0 Å². The second-order valence-electron chi connectivity index (χ2n) is 5.97. The first-order chi connectivity index (χ1) is 9.69. The molecule has 0 aliphatic heterocycles. The first-order valence-electron chi connectivity index (χ1n) is 8.86. The van der Waals surface area contributed by atoms with Gasteiger partial charge in [-0.3, -0.25) is 4.79 Å². The smallest absolute Gasteiger partial charge is 0.308 e. The fraction of sp³-hybridized carbons (Fsp3) is 0.944. The van der Waals surface area contributed by atoms with Crippen LogP contribution in [-0.4, -0.2) is 12.6 Å². The number of ether oxygens (including phenoxy) is 1. The summed E-state index contributed by atoms with van der Waals surface area (Å²) in [6, 6.07) is 0. The molecule has 0 saturated carbocycles. The van der Waals surface area contributed by atoms with Crippen molar-refractivity contribution in [3.8, 4) is 0 Å². The highest BCUT2D eigenvalue weighted by molar-refractivity contribution is 5.72. The molecule has 0 aliphatic carbocycles. The first-order valence-corrected chi connectivity index (χ1v) is 8.86. The summed E-state index contributed by atoms with van der Waals surface area (Å²) in [4.78, 5) is 11.9. The summed E-state index contributed by atoms with van der Waals surface area (Å²) < 4.78 is 5.50. The molecule has 120 valence electrons. The molecule has 2 nitrogen and oxygen atoms in total. The van der Waals surface area contributed by atoms with E-state index in [1.165, 1.54) is 44.9 Å². The first kappa shape index (κ1) is 19.5. The van der Waals surface area contributed by atoms with Crippen LogP contribution in [0.4, 0.5) is 0 Å². The number of carbonyl (C=O) groups excluding carboxylic acids is 1. The van der Waals surface area contributed by atoms with Crippen LogP contribution in [-0.2, 0) is 9.53 Å². The van der Waals surface area contributed by atoms with Gasteiger partial charge in [0.15, 0.2) is 0 Å². The van der Waals surface area contributed by atoms with Crippen LogP contribution in [0.5, 0.6) is 0 Å². The van der Waals surface area contributed by atoms with Crippen LogP contribution in [0.2, 0.25) is 0 Å². The van der Waals surface area contributed by atoms with E-state index in [1.807, 2.05) is 0 Å². The van der Waals surface area contributed by atoms with Gasteiger partial charge in [0.2, 0.25) is 0 Å². The largest absolute Gasteiger partial charge is 0.465 e. The maximum atomic E-state index is 11.9. The minimum atomic E-state index is 0.0106. The minimum absolute atomic E-state index is 0.0106. The topological polar surface area (TPSA) is 26.3 Å². The normalized spacial score (nSPS) is 12.7. The summed E-state index contributed by atoms with van der Waals surface area (Å²) in [5.74, 6) is 0.664. The molecule has 0 aromatic rings. The Morgan fingerprint density at radius 3 is 2.00 bits per heavy atom. The van der Waals surface area contributed by atoms with E-state index in [1.54, 1.807) is 0 Å². The van der Waals surface area contributed by atoms with E-state index in [9.17, 15) is 4.79 Å². The molecule has 0 spiro atoms. The molecule has 1 unspecified atom stereocenters. The number of rotatable bonds is 13. The van der Waals surface area contributed by atoms with Crippen molar-refractivity contribution in [3.63, 3.8) is 0 Å². The Bertz CT molecular complexity index is 221. The summed E-state index contributed by atoms with van der Waals surface area (Å²) in [5.41, 5.74) is 0. The highest BCUT2D eigenvalue weighted by Gasteiger charge is 2.17. The fourth-order valence-electron chi connectivity index (χ4n) is 2.56. The van der Waals surface area contributed by atoms with Gasteiger partial charge in [-0.1, -0.05) is 72.6 Å². The minimum Gasteiger partial charge on any atom is -0.465 e. The molecule has 0 rings (SSSR count). The molecule has 1 atom stereocenters. The molecule has 2 heteroatoms. The SMILES string of the molecule is CCCCCCCCC(CC)COC(=O)C(CC)CC. The van der Waals surface area contributed by atoms with Gasteiger partial charge in [0, 0.05) is 0 Å². The predicted octanol–water partition coefficient (Wildman–Crippen LogP) is 5.74. The number of unbranched alkanes of at least 4 members (excludes halogenated alkanes) is 5. The Hall–Kier alpha value is -0.530. The third kappa shape index (κ3) is 9.39. The van der Waals surface area contributed by atoms with Gasteiger partial charge in [0.1, 0.15) is 0 Å². The molecular weight excluding hydrogens is 248 g/mol. The highest BCUT2D eigenvalue weighted by atomic mass is 16.5. The van der Waals surface area contributed by atoms with E-state index in [4.69, 9.17) is 4.74 Å². The number of hydrogen-bond donors (Lipinski definition) is 0. The van der Waals surface area contributed by atoms with Crippen molar-refractivity contribution in [2.45, 2.75) is 91.9 Å². The summed E-state index contributed by atoms with van der Waals surface area (Å²) in [6.07, 6.45) is 12.1. The second kappa shape index (κ2) is 13.5. The summed E-state index contributed by atoms with van der Waals surface area (Å²) in [6.45, 7) is 9.20. The Kier molecular flexibility index (Phi) is 13.1. The average molecular weight is 284 g/mol. The van der Waals surface area contributed by atoms with Gasteiger partial charge >= 0.3 is 5.97 Å². The average Bonchev–Trinajstić information content (AvgIpc) is 2.47. The quantitative estimate of drug-likeness (QED) is 0.318. The van der Waals surface area contributed by atoms with Crippen molar-refractivity contribution < 1.29 is 9.53 Å². The molecular formula is C18H36O2. The lowest BCUT2D eigenvalue weighted by Crippen LogP contribution is -2.20. The van der Waals surface area contributed by atoms with Crippen molar-refractivity contribution >= 4 is 5.97 Å². The molecule has 0 N–H and O–H groups in total. The molecule has 0 radical (unpaired) electrons. The Labute approximate surface area is 126 Å². The number of hydrogen-bond acceptors (Lipinski definition) is 2. The molecule has 0 aromatic heterocycles. The molecule has 0 aromatic carbocycles. The van der Waals surface area contributed by atoms with E-state index >= 15 is 0 Å². The van der Waals surface area contributed by atoms with Gasteiger partial charge in [0.05, 0.1) is 12.5 Å². The Morgan fingerprint density at radius 1 is 0.850 bits per heavy atom. The molecule has 0 bridgehead atoms. The third-order valence-corrected chi connectivity index (χ3v) is 4.32. The van der Waals surface area contributed by atoms with E-state index in [2.05, 4.69) is 27.7 Å². The standard InChI is InChI=1S/C18H36O2/c1-5-9-10-11-12-13-14-16(6-2)15-20-18(19)17(7-3)8-4/h16-17H,5-15H2,1-4H3. The van der Waals surface area contributed by atoms with Crippen molar-refractivity contribution in [2.75, 3.05) is 6.61 Å². The summed E-state index contributed by atoms with van der Waals surface area (Å²) in [7, 11) is 0. The summed E-state index contributed by atoms with van der Waals surface area (Å²) >= 11 is 0. The monoisotopic (exact) mass is 284 g/mol. The van der Waals surface area contributed by atoms with Crippen LogP contribution < -0.4 is 0 Å². The molecule has 20 heavy (non-hydrogen) atoms. The van der Waals surface area contributed by atoms with E-state index in [-0.39, 0.29) is 11.9 Å². The van der Waals surface area contributed by atoms with Crippen molar-refractivity contribution in [1.82, 2.24) is 0 Å². The van der Waals surface area contributed by atoms with Crippen LogP contribution in [0.25, 0.3) is 0 Å². The Morgan fingerprint density at radius 2 is 1.45 bits per heavy atom. The van der Waals surface area contributed by atoms with Crippen molar-refractivity contribution in [3.05, 3.63) is 0 Å². The molecule has 0 amide bonds. The van der Waals surface area contributed by atoms with Crippen molar-refractivity contribution in [2.24, 2.45) is 11.8 Å². The van der Waals surface area contributed by atoms with Gasteiger partial charge in [-0.25, -0.2) is 0 Å². The molecule has 0 heterocycles. The predicted molar refractivity (Wildman–Crippen MR) is 86.8 cm³/mol. The van der Waals surface area contributed by atoms with Gasteiger partial charge in [-0.2, -0.15) is 0 Å². The van der Waals surface area contributed by atoms with Gasteiger partial charge < -0.3 is 4.74 Å². The maximum Gasteiger partial charge on any atom is 0.308 e. The van der Waals surface area contributed by atoms with Gasteiger partial charge in [-0.15, -0.1) is 0 Å². The molecule has 0 fully saturated rings.